The summed E-state index contributed by atoms with van der Waals surface area (Å²) < 4.78 is 0. The van der Waals surface area contributed by atoms with Crippen molar-refractivity contribution in [2.45, 2.75) is 13.8 Å². The highest BCUT2D eigenvalue weighted by Crippen LogP contribution is 2.40. The van der Waals surface area contributed by atoms with Crippen LogP contribution in [0.3, 0.4) is 0 Å². The molecular weight excluding hydrogens is 340 g/mol. The molecule has 2 heterocycles. The third-order valence-corrected chi connectivity index (χ3v) is 4.97. The topological polar surface area (TPSA) is 75.2 Å². The molecule has 0 spiro atoms. The second-order valence-electron chi connectivity index (χ2n) is 6.48. The van der Waals surface area contributed by atoms with Crippen LogP contribution in [-0.4, -0.2) is 46.2 Å². The molecule has 0 fully saturated rings. The molecule has 0 unspecified atom stereocenters. The average molecular weight is 360 g/mol. The molecule has 0 saturated carbocycles. The summed E-state index contributed by atoms with van der Waals surface area (Å²) in [5.41, 5.74) is 2.88. The van der Waals surface area contributed by atoms with Crippen molar-refractivity contribution in [2.75, 3.05) is 25.0 Å². The number of ketones is 1. The summed E-state index contributed by atoms with van der Waals surface area (Å²) in [7, 11) is 0. The SMILES string of the molecule is CCN(CC)CC(=O)Nc1cccc2c1-c1nccc3ccnc(c13)C2=O. The number of aromatic nitrogens is 2. The maximum atomic E-state index is 13.0. The van der Waals surface area contributed by atoms with Crippen LogP contribution >= 0.6 is 0 Å². The summed E-state index contributed by atoms with van der Waals surface area (Å²) in [6.45, 7) is 5.95. The van der Waals surface area contributed by atoms with Crippen molar-refractivity contribution in [3.8, 4) is 11.3 Å². The number of hydrogen-bond donors (Lipinski definition) is 1. The summed E-state index contributed by atoms with van der Waals surface area (Å²) in [6.07, 6.45) is 3.36. The lowest BCUT2D eigenvalue weighted by Crippen LogP contribution is -2.33. The third kappa shape index (κ3) is 2.88. The molecule has 27 heavy (non-hydrogen) atoms. The minimum Gasteiger partial charge on any atom is -0.324 e. The number of benzene rings is 1. The van der Waals surface area contributed by atoms with Gasteiger partial charge in [0.2, 0.25) is 11.7 Å². The van der Waals surface area contributed by atoms with Crippen LogP contribution in [0, 0.1) is 0 Å². The highest BCUT2D eigenvalue weighted by molar-refractivity contribution is 6.25. The number of likely N-dealkylation sites (N-methyl/N-ethyl adjacent to an activating group) is 1. The molecule has 2 aromatic heterocycles. The smallest absolute Gasteiger partial charge is 0.238 e. The van der Waals surface area contributed by atoms with Crippen LogP contribution in [-0.2, 0) is 4.79 Å². The quantitative estimate of drug-likeness (QED) is 0.592. The largest absolute Gasteiger partial charge is 0.324 e. The lowest BCUT2D eigenvalue weighted by Gasteiger charge is -2.22. The average Bonchev–Trinajstić information content (AvgIpc) is 2.70. The number of pyridine rings is 2. The van der Waals surface area contributed by atoms with Gasteiger partial charge in [-0.15, -0.1) is 0 Å². The Morgan fingerprint density at radius 2 is 1.74 bits per heavy atom. The Bertz CT molecular complexity index is 1050. The van der Waals surface area contributed by atoms with E-state index in [1.807, 2.05) is 36.9 Å². The fourth-order valence-corrected chi connectivity index (χ4v) is 3.55. The fourth-order valence-electron chi connectivity index (χ4n) is 3.55. The molecule has 0 saturated heterocycles. The van der Waals surface area contributed by atoms with Crippen LogP contribution in [0.1, 0.15) is 29.9 Å². The molecular formula is C21H20N4O2. The van der Waals surface area contributed by atoms with E-state index in [4.69, 9.17) is 0 Å². The van der Waals surface area contributed by atoms with Gasteiger partial charge in [-0.3, -0.25) is 24.5 Å². The van der Waals surface area contributed by atoms with E-state index in [0.29, 0.717) is 34.7 Å². The minimum absolute atomic E-state index is 0.108. The first-order chi connectivity index (χ1) is 13.1. The molecule has 6 nitrogen and oxygen atoms in total. The number of amides is 1. The van der Waals surface area contributed by atoms with Crippen molar-refractivity contribution < 1.29 is 9.59 Å². The van der Waals surface area contributed by atoms with E-state index in [0.717, 1.165) is 23.9 Å². The van der Waals surface area contributed by atoms with Gasteiger partial charge in [0.15, 0.2) is 0 Å². The molecule has 1 amide bonds. The predicted octanol–water partition coefficient (Wildman–Crippen LogP) is 3.12. The number of anilines is 1. The van der Waals surface area contributed by atoms with Crippen LogP contribution in [0.2, 0.25) is 0 Å². The zero-order valence-corrected chi connectivity index (χ0v) is 15.3. The molecule has 1 aliphatic rings. The van der Waals surface area contributed by atoms with Crippen molar-refractivity contribution in [2.24, 2.45) is 0 Å². The van der Waals surface area contributed by atoms with E-state index in [9.17, 15) is 9.59 Å². The monoisotopic (exact) mass is 360 g/mol. The highest BCUT2D eigenvalue weighted by Gasteiger charge is 2.29. The summed E-state index contributed by atoms with van der Waals surface area (Å²) in [4.78, 5) is 36.4. The van der Waals surface area contributed by atoms with Crippen molar-refractivity contribution in [1.82, 2.24) is 14.9 Å². The van der Waals surface area contributed by atoms with E-state index in [-0.39, 0.29) is 11.7 Å². The van der Waals surface area contributed by atoms with Gasteiger partial charge < -0.3 is 5.32 Å². The van der Waals surface area contributed by atoms with Gasteiger partial charge in [0.05, 0.1) is 17.9 Å². The summed E-state index contributed by atoms with van der Waals surface area (Å²) in [5.74, 6) is -0.250. The first-order valence-electron chi connectivity index (χ1n) is 9.08. The van der Waals surface area contributed by atoms with Crippen LogP contribution in [0.4, 0.5) is 5.69 Å². The van der Waals surface area contributed by atoms with Crippen LogP contribution in [0.15, 0.2) is 42.7 Å². The Balaban J connectivity index is 1.82. The maximum absolute atomic E-state index is 13.0. The summed E-state index contributed by atoms with van der Waals surface area (Å²) in [6, 6.07) is 9.08. The van der Waals surface area contributed by atoms with Crippen LogP contribution in [0.5, 0.6) is 0 Å². The van der Waals surface area contributed by atoms with E-state index in [1.165, 1.54) is 0 Å². The number of carbonyl (C=O) groups is 2. The van der Waals surface area contributed by atoms with Crippen LogP contribution < -0.4 is 5.32 Å². The molecule has 0 radical (unpaired) electrons. The highest BCUT2D eigenvalue weighted by atomic mass is 16.2. The molecule has 4 rings (SSSR count). The Morgan fingerprint density at radius 3 is 2.44 bits per heavy atom. The Morgan fingerprint density at radius 1 is 1.04 bits per heavy atom. The zero-order valence-electron chi connectivity index (χ0n) is 15.3. The molecule has 0 aliphatic heterocycles. The summed E-state index contributed by atoms with van der Waals surface area (Å²) in [5, 5.41) is 4.62. The van der Waals surface area contributed by atoms with Gasteiger partial charge in [-0.05, 0) is 36.7 Å². The molecule has 1 N–H and O–H groups in total. The first kappa shape index (κ1) is 17.3. The van der Waals surface area contributed by atoms with Gasteiger partial charge in [-0.1, -0.05) is 26.0 Å². The van der Waals surface area contributed by atoms with Gasteiger partial charge in [0.25, 0.3) is 0 Å². The van der Waals surface area contributed by atoms with Crippen molar-refractivity contribution in [3.05, 3.63) is 54.0 Å². The number of fused-ring (bicyclic) bond motifs is 2. The van der Waals surface area contributed by atoms with E-state index in [1.54, 1.807) is 24.5 Å². The predicted molar refractivity (Wildman–Crippen MR) is 105 cm³/mol. The molecule has 3 aromatic rings. The van der Waals surface area contributed by atoms with Gasteiger partial charge in [0, 0.05) is 28.9 Å². The second-order valence-corrected chi connectivity index (χ2v) is 6.48. The second kappa shape index (κ2) is 6.89. The Kier molecular flexibility index (Phi) is 4.41. The Hall–Kier alpha value is -3.12. The molecule has 6 heteroatoms. The molecule has 1 aliphatic carbocycles. The zero-order chi connectivity index (χ0) is 19.0. The number of nitrogens with one attached hydrogen (secondary N) is 1. The van der Waals surface area contributed by atoms with Gasteiger partial charge in [-0.25, -0.2) is 0 Å². The number of hydrogen-bond acceptors (Lipinski definition) is 5. The van der Waals surface area contributed by atoms with Crippen molar-refractivity contribution in [3.63, 3.8) is 0 Å². The van der Waals surface area contributed by atoms with Crippen molar-refractivity contribution >= 4 is 28.2 Å². The molecule has 1 aromatic carbocycles. The standard InChI is InChI=1S/C21H20N4O2/c1-3-25(4-2)12-16(26)24-15-7-5-6-14-18(15)19-17-13(8-10-22-19)9-11-23-20(17)21(14)27/h5-11H,3-4,12H2,1-2H3,(H,24,26). The third-order valence-electron chi connectivity index (χ3n) is 4.97. The lowest BCUT2D eigenvalue weighted by atomic mass is 9.87. The van der Waals surface area contributed by atoms with E-state index in [2.05, 4.69) is 15.3 Å². The number of rotatable bonds is 5. The Labute approximate surface area is 157 Å². The van der Waals surface area contributed by atoms with Gasteiger partial charge in [-0.2, -0.15) is 0 Å². The number of carbonyl (C=O) groups excluding carboxylic acids is 2. The van der Waals surface area contributed by atoms with Gasteiger partial charge >= 0.3 is 0 Å². The van der Waals surface area contributed by atoms with Gasteiger partial charge in [0.1, 0.15) is 5.69 Å². The fraction of sp³-hybridized carbons (Fsp3) is 0.238. The molecule has 0 atom stereocenters. The van der Waals surface area contributed by atoms with E-state index >= 15 is 0 Å². The maximum Gasteiger partial charge on any atom is 0.238 e. The lowest BCUT2D eigenvalue weighted by molar-refractivity contribution is -0.117. The first-order valence-corrected chi connectivity index (χ1v) is 9.08. The summed E-state index contributed by atoms with van der Waals surface area (Å²) >= 11 is 0. The van der Waals surface area contributed by atoms with E-state index < -0.39 is 0 Å². The van der Waals surface area contributed by atoms with Crippen LogP contribution in [0.25, 0.3) is 22.0 Å². The van der Waals surface area contributed by atoms with Crippen molar-refractivity contribution in [1.29, 1.82) is 0 Å². The number of nitrogens with zero attached hydrogens (tertiary/aromatic N) is 3. The molecule has 136 valence electrons. The molecule has 0 bridgehead atoms. The minimum atomic E-state index is -0.143. The normalized spacial score (nSPS) is 12.3.